The van der Waals surface area contributed by atoms with E-state index in [1.165, 1.54) is 19.8 Å². The Morgan fingerprint density at radius 2 is 1.83 bits per heavy atom. The summed E-state index contributed by atoms with van der Waals surface area (Å²) in [6, 6.07) is 7.01. The molecule has 0 aliphatic carbocycles. The highest BCUT2D eigenvalue weighted by Crippen LogP contribution is 2.17. The van der Waals surface area contributed by atoms with E-state index >= 15 is 0 Å². The Balaban J connectivity index is 1.71. The van der Waals surface area contributed by atoms with E-state index in [4.69, 9.17) is 0 Å². The van der Waals surface area contributed by atoms with Gasteiger partial charge in [-0.15, -0.1) is 0 Å². The van der Waals surface area contributed by atoms with Crippen molar-refractivity contribution in [3.05, 3.63) is 24.3 Å². The Morgan fingerprint density at radius 3 is 2.42 bits per heavy atom. The smallest absolute Gasteiger partial charge is 0.319 e. The van der Waals surface area contributed by atoms with Crippen LogP contribution in [-0.2, 0) is 4.79 Å². The number of rotatable bonds is 5. The van der Waals surface area contributed by atoms with Gasteiger partial charge in [0.05, 0.1) is 0 Å². The number of piperidine rings is 1. The number of benzene rings is 1. The maximum atomic E-state index is 11.9. The molecular weight excluding hydrogens is 304 g/mol. The number of nitrogens with zero attached hydrogens (tertiary/aromatic N) is 2. The molecular formula is C18H28N4O2. The fraction of sp³-hybridized carbons (Fsp3) is 0.556. The maximum absolute atomic E-state index is 11.9. The third-order valence-electron chi connectivity index (χ3n) is 4.57. The van der Waals surface area contributed by atoms with Crippen molar-refractivity contribution in [2.75, 3.05) is 43.4 Å². The van der Waals surface area contributed by atoms with Crippen molar-refractivity contribution in [1.82, 2.24) is 10.2 Å². The number of urea groups is 1. The van der Waals surface area contributed by atoms with Crippen LogP contribution < -0.4 is 15.5 Å². The van der Waals surface area contributed by atoms with E-state index in [0.717, 1.165) is 31.2 Å². The molecule has 1 aromatic carbocycles. The molecule has 0 spiro atoms. The SMILES string of the molecule is CC(=O)N(C)c1ccc(NC(=O)NCCN2CCC(C)CC2)cc1. The molecule has 1 aliphatic heterocycles. The van der Waals surface area contributed by atoms with Gasteiger partial charge in [0.15, 0.2) is 0 Å². The number of likely N-dealkylation sites (tertiary alicyclic amines) is 1. The molecule has 0 bridgehead atoms. The highest BCUT2D eigenvalue weighted by Gasteiger charge is 2.15. The van der Waals surface area contributed by atoms with Gasteiger partial charge >= 0.3 is 6.03 Å². The Kier molecular flexibility index (Phi) is 6.61. The average molecular weight is 332 g/mol. The van der Waals surface area contributed by atoms with E-state index in [1.807, 2.05) is 12.1 Å². The van der Waals surface area contributed by atoms with Gasteiger partial charge < -0.3 is 20.4 Å². The quantitative estimate of drug-likeness (QED) is 0.871. The zero-order chi connectivity index (χ0) is 17.5. The molecule has 1 fully saturated rings. The molecule has 132 valence electrons. The van der Waals surface area contributed by atoms with Gasteiger partial charge in [-0.05, 0) is 56.1 Å². The zero-order valence-corrected chi connectivity index (χ0v) is 14.8. The van der Waals surface area contributed by atoms with Crippen LogP contribution >= 0.6 is 0 Å². The zero-order valence-electron chi connectivity index (χ0n) is 14.8. The number of hydrogen-bond donors (Lipinski definition) is 2. The van der Waals surface area contributed by atoms with Crippen molar-refractivity contribution in [2.45, 2.75) is 26.7 Å². The van der Waals surface area contributed by atoms with Crippen LogP contribution in [0.2, 0.25) is 0 Å². The minimum absolute atomic E-state index is 0.0273. The second-order valence-corrected chi connectivity index (χ2v) is 6.53. The molecule has 0 atom stereocenters. The molecule has 24 heavy (non-hydrogen) atoms. The summed E-state index contributed by atoms with van der Waals surface area (Å²) in [6.07, 6.45) is 2.49. The van der Waals surface area contributed by atoms with Crippen LogP contribution in [0, 0.1) is 5.92 Å². The molecule has 0 radical (unpaired) electrons. The van der Waals surface area contributed by atoms with Gasteiger partial charge in [0, 0.05) is 38.4 Å². The van der Waals surface area contributed by atoms with E-state index in [-0.39, 0.29) is 11.9 Å². The molecule has 1 aliphatic rings. The molecule has 1 heterocycles. The second kappa shape index (κ2) is 8.68. The minimum Gasteiger partial charge on any atom is -0.337 e. The normalized spacial score (nSPS) is 15.8. The Hall–Kier alpha value is -2.08. The van der Waals surface area contributed by atoms with E-state index in [1.54, 1.807) is 24.1 Å². The van der Waals surface area contributed by atoms with Crippen molar-refractivity contribution >= 4 is 23.3 Å². The first-order valence-electron chi connectivity index (χ1n) is 8.57. The molecule has 0 aromatic heterocycles. The number of anilines is 2. The lowest BCUT2D eigenvalue weighted by Gasteiger charge is -2.30. The van der Waals surface area contributed by atoms with Gasteiger partial charge in [0.2, 0.25) is 5.91 Å². The minimum atomic E-state index is -0.201. The molecule has 1 aromatic rings. The maximum Gasteiger partial charge on any atom is 0.319 e. The lowest BCUT2D eigenvalue weighted by Crippen LogP contribution is -2.40. The summed E-state index contributed by atoms with van der Waals surface area (Å²) < 4.78 is 0. The van der Waals surface area contributed by atoms with Gasteiger partial charge in [-0.1, -0.05) is 6.92 Å². The first-order valence-corrected chi connectivity index (χ1v) is 8.57. The molecule has 2 rings (SSSR count). The van der Waals surface area contributed by atoms with Crippen molar-refractivity contribution in [1.29, 1.82) is 0 Å². The predicted octanol–water partition coefficient (Wildman–Crippen LogP) is 2.52. The number of amides is 3. The largest absolute Gasteiger partial charge is 0.337 e. The van der Waals surface area contributed by atoms with Crippen molar-refractivity contribution in [2.24, 2.45) is 5.92 Å². The van der Waals surface area contributed by atoms with Gasteiger partial charge in [0.1, 0.15) is 0 Å². The number of carbonyl (C=O) groups excluding carboxylic acids is 2. The molecule has 2 N–H and O–H groups in total. The van der Waals surface area contributed by atoms with Gasteiger partial charge in [-0.25, -0.2) is 4.79 Å². The number of carbonyl (C=O) groups is 2. The number of hydrogen-bond acceptors (Lipinski definition) is 3. The highest BCUT2D eigenvalue weighted by atomic mass is 16.2. The number of nitrogens with one attached hydrogen (secondary N) is 2. The standard InChI is InChI=1S/C18H28N4O2/c1-14-8-11-22(12-9-14)13-10-19-18(24)20-16-4-6-17(7-5-16)21(3)15(2)23/h4-7,14H,8-13H2,1-3H3,(H2,19,20,24). The highest BCUT2D eigenvalue weighted by molar-refractivity contribution is 5.92. The van der Waals surface area contributed by atoms with E-state index < -0.39 is 0 Å². The second-order valence-electron chi connectivity index (χ2n) is 6.53. The first kappa shape index (κ1) is 18.3. The Bertz CT molecular complexity index is 551. The monoisotopic (exact) mass is 332 g/mol. The van der Waals surface area contributed by atoms with Crippen molar-refractivity contribution in [3.8, 4) is 0 Å². The van der Waals surface area contributed by atoms with Crippen LogP contribution in [0.5, 0.6) is 0 Å². The van der Waals surface area contributed by atoms with Crippen molar-refractivity contribution < 1.29 is 9.59 Å². The lowest BCUT2D eigenvalue weighted by molar-refractivity contribution is -0.116. The first-order chi connectivity index (χ1) is 11.5. The Labute approximate surface area is 144 Å². The molecule has 3 amide bonds. The van der Waals surface area contributed by atoms with Crippen LogP contribution in [0.4, 0.5) is 16.2 Å². The molecule has 0 unspecified atom stereocenters. The third-order valence-corrected chi connectivity index (χ3v) is 4.57. The molecule has 0 saturated carbocycles. The fourth-order valence-electron chi connectivity index (χ4n) is 2.74. The molecule has 6 nitrogen and oxygen atoms in total. The molecule has 1 saturated heterocycles. The van der Waals surface area contributed by atoms with E-state index in [2.05, 4.69) is 22.5 Å². The summed E-state index contributed by atoms with van der Waals surface area (Å²) in [5.74, 6) is 0.795. The summed E-state index contributed by atoms with van der Waals surface area (Å²) >= 11 is 0. The summed E-state index contributed by atoms with van der Waals surface area (Å²) in [5, 5.41) is 5.70. The van der Waals surface area contributed by atoms with Crippen LogP contribution in [0.25, 0.3) is 0 Å². The van der Waals surface area contributed by atoms with Gasteiger partial charge in [0.25, 0.3) is 0 Å². The summed E-state index contributed by atoms with van der Waals surface area (Å²) in [4.78, 5) is 27.2. The summed E-state index contributed by atoms with van der Waals surface area (Å²) in [6.45, 7) is 7.59. The predicted molar refractivity (Wildman–Crippen MR) is 97.4 cm³/mol. The van der Waals surface area contributed by atoms with Gasteiger partial charge in [-0.3, -0.25) is 4.79 Å². The average Bonchev–Trinajstić information content (AvgIpc) is 2.56. The third kappa shape index (κ3) is 5.53. The lowest BCUT2D eigenvalue weighted by atomic mass is 9.99. The van der Waals surface area contributed by atoms with E-state index in [9.17, 15) is 9.59 Å². The van der Waals surface area contributed by atoms with Crippen LogP contribution in [0.1, 0.15) is 26.7 Å². The topological polar surface area (TPSA) is 64.7 Å². The molecule has 6 heteroatoms. The van der Waals surface area contributed by atoms with E-state index in [0.29, 0.717) is 12.2 Å². The van der Waals surface area contributed by atoms with Crippen molar-refractivity contribution in [3.63, 3.8) is 0 Å². The summed E-state index contributed by atoms with van der Waals surface area (Å²) in [5.41, 5.74) is 1.51. The van der Waals surface area contributed by atoms with Crippen LogP contribution in [0.15, 0.2) is 24.3 Å². The van der Waals surface area contributed by atoms with Crippen LogP contribution in [-0.4, -0.2) is 50.1 Å². The summed E-state index contributed by atoms with van der Waals surface area (Å²) in [7, 11) is 1.72. The fourth-order valence-corrected chi connectivity index (χ4v) is 2.74. The Morgan fingerprint density at radius 1 is 1.21 bits per heavy atom. The van der Waals surface area contributed by atoms with Gasteiger partial charge in [-0.2, -0.15) is 0 Å². The van der Waals surface area contributed by atoms with Crippen LogP contribution in [0.3, 0.4) is 0 Å².